The number of carbonyl (C=O) groups excluding carboxylic acids is 1. The molecule has 0 aliphatic carbocycles. The first-order chi connectivity index (χ1) is 15.5. The standard InChI is InChI=1S/C24H25N3O4S/c1-4-30-19-11-7-12-20-21(19)25-24(32-20)27(14-8-13-26(2)3)22(28)17-15-16-9-5-6-10-18(16)31-23(17)29/h5-7,9-12,15H,4,8,13-14H2,1-3H3. The van der Waals surface area contributed by atoms with E-state index < -0.39 is 11.5 Å². The Morgan fingerprint density at radius 3 is 2.72 bits per heavy atom. The van der Waals surface area contributed by atoms with E-state index in [9.17, 15) is 9.59 Å². The van der Waals surface area contributed by atoms with Gasteiger partial charge in [0.1, 0.15) is 22.4 Å². The van der Waals surface area contributed by atoms with Crippen LogP contribution in [0.15, 0.2) is 57.7 Å². The predicted octanol–water partition coefficient (Wildman–Crippen LogP) is 4.40. The maximum atomic E-state index is 13.6. The smallest absolute Gasteiger partial charge is 0.349 e. The van der Waals surface area contributed by atoms with E-state index in [0.717, 1.165) is 17.7 Å². The molecule has 8 heteroatoms. The number of hydrogen-bond donors (Lipinski definition) is 0. The Morgan fingerprint density at radius 1 is 1.12 bits per heavy atom. The predicted molar refractivity (Wildman–Crippen MR) is 128 cm³/mol. The molecule has 0 aliphatic heterocycles. The molecule has 4 aromatic rings. The van der Waals surface area contributed by atoms with Crippen LogP contribution < -0.4 is 15.3 Å². The summed E-state index contributed by atoms with van der Waals surface area (Å²) < 4.78 is 12.0. The third-order valence-electron chi connectivity index (χ3n) is 5.01. The SMILES string of the molecule is CCOc1cccc2sc(N(CCCN(C)C)C(=O)c3cc4ccccc4oc3=O)nc12. The summed E-state index contributed by atoms with van der Waals surface area (Å²) in [6, 6.07) is 14.5. The van der Waals surface area contributed by atoms with Crippen LogP contribution in [0.25, 0.3) is 21.2 Å². The molecule has 32 heavy (non-hydrogen) atoms. The number of amides is 1. The van der Waals surface area contributed by atoms with Crippen LogP contribution in [0.4, 0.5) is 5.13 Å². The van der Waals surface area contributed by atoms with Crippen LogP contribution >= 0.6 is 11.3 Å². The van der Waals surface area contributed by atoms with Crippen molar-refractivity contribution in [3.05, 3.63) is 64.5 Å². The minimum Gasteiger partial charge on any atom is -0.492 e. The largest absolute Gasteiger partial charge is 0.492 e. The summed E-state index contributed by atoms with van der Waals surface area (Å²) in [5.41, 5.74) is 0.514. The average Bonchev–Trinajstić information content (AvgIpc) is 3.21. The van der Waals surface area contributed by atoms with Gasteiger partial charge in [-0.1, -0.05) is 35.6 Å². The van der Waals surface area contributed by atoms with Gasteiger partial charge in [-0.3, -0.25) is 9.69 Å². The second-order valence-corrected chi connectivity index (χ2v) is 8.64. The molecule has 0 aliphatic rings. The van der Waals surface area contributed by atoms with Crippen LogP contribution in [0.1, 0.15) is 23.7 Å². The Balaban J connectivity index is 1.76. The minimum atomic E-state index is -0.651. The summed E-state index contributed by atoms with van der Waals surface area (Å²) in [4.78, 5) is 34.6. The fourth-order valence-electron chi connectivity index (χ4n) is 3.48. The lowest BCUT2D eigenvalue weighted by Gasteiger charge is -2.20. The summed E-state index contributed by atoms with van der Waals surface area (Å²) >= 11 is 1.40. The zero-order chi connectivity index (χ0) is 22.7. The molecule has 0 saturated carbocycles. The molecule has 2 heterocycles. The van der Waals surface area contributed by atoms with Crippen LogP contribution in [-0.2, 0) is 0 Å². The summed E-state index contributed by atoms with van der Waals surface area (Å²) in [5, 5.41) is 1.23. The first-order valence-corrected chi connectivity index (χ1v) is 11.3. The van der Waals surface area contributed by atoms with Crippen molar-refractivity contribution in [2.24, 2.45) is 0 Å². The number of rotatable bonds is 8. The van der Waals surface area contributed by atoms with Crippen molar-refractivity contribution in [2.75, 3.05) is 38.7 Å². The molecule has 0 atom stereocenters. The van der Waals surface area contributed by atoms with Gasteiger partial charge in [0, 0.05) is 11.9 Å². The Hall–Kier alpha value is -3.23. The van der Waals surface area contributed by atoms with E-state index in [1.165, 1.54) is 11.3 Å². The van der Waals surface area contributed by atoms with E-state index in [0.29, 0.717) is 40.5 Å². The van der Waals surface area contributed by atoms with Crippen LogP contribution in [0.3, 0.4) is 0 Å². The Morgan fingerprint density at radius 2 is 1.94 bits per heavy atom. The summed E-state index contributed by atoms with van der Waals surface area (Å²) in [7, 11) is 3.96. The lowest BCUT2D eigenvalue weighted by atomic mass is 10.1. The Kier molecular flexibility index (Phi) is 6.53. The zero-order valence-corrected chi connectivity index (χ0v) is 19.1. The number of thiazole rings is 1. The van der Waals surface area contributed by atoms with Crippen LogP contribution in [0.5, 0.6) is 5.75 Å². The number of benzene rings is 2. The number of nitrogens with zero attached hydrogens (tertiary/aromatic N) is 3. The first-order valence-electron chi connectivity index (χ1n) is 10.5. The van der Waals surface area contributed by atoms with Crippen LogP contribution in [0, 0.1) is 0 Å². The third-order valence-corrected chi connectivity index (χ3v) is 6.05. The molecule has 1 amide bonds. The van der Waals surface area contributed by atoms with Crippen LogP contribution in [0.2, 0.25) is 0 Å². The first kappa shape index (κ1) is 22.0. The number of hydrogen-bond acceptors (Lipinski definition) is 7. The maximum absolute atomic E-state index is 13.6. The second-order valence-electron chi connectivity index (χ2n) is 7.63. The molecule has 0 saturated heterocycles. The summed E-state index contributed by atoms with van der Waals surface area (Å²) in [6.07, 6.45) is 0.728. The fraction of sp³-hybridized carbons (Fsp3) is 0.292. The Bertz CT molecular complexity index is 1310. The van der Waals surface area contributed by atoms with Gasteiger partial charge in [0.25, 0.3) is 5.91 Å². The van der Waals surface area contributed by atoms with Gasteiger partial charge in [-0.15, -0.1) is 0 Å². The van der Waals surface area contributed by atoms with Crippen molar-refractivity contribution in [1.29, 1.82) is 0 Å². The molecule has 166 valence electrons. The number of para-hydroxylation sites is 2. The molecular formula is C24H25N3O4S. The number of ether oxygens (including phenoxy) is 1. The van der Waals surface area contributed by atoms with Crippen molar-refractivity contribution in [3.63, 3.8) is 0 Å². The van der Waals surface area contributed by atoms with Gasteiger partial charge in [0.05, 0.1) is 11.3 Å². The normalized spacial score (nSPS) is 11.4. The molecule has 2 aromatic carbocycles. The van der Waals surface area contributed by atoms with Crippen molar-refractivity contribution in [1.82, 2.24) is 9.88 Å². The highest BCUT2D eigenvalue weighted by molar-refractivity contribution is 7.22. The lowest BCUT2D eigenvalue weighted by Crippen LogP contribution is -2.36. The van der Waals surface area contributed by atoms with E-state index in [1.54, 1.807) is 23.1 Å². The fourth-order valence-corrected chi connectivity index (χ4v) is 4.49. The quantitative estimate of drug-likeness (QED) is 0.370. The lowest BCUT2D eigenvalue weighted by molar-refractivity contribution is 0.0982. The highest BCUT2D eigenvalue weighted by Gasteiger charge is 2.25. The molecule has 0 fully saturated rings. The summed E-state index contributed by atoms with van der Waals surface area (Å²) in [5.74, 6) is 0.263. The molecule has 0 N–H and O–H groups in total. The van der Waals surface area contributed by atoms with Crippen molar-refractivity contribution in [3.8, 4) is 5.75 Å². The molecule has 7 nitrogen and oxygen atoms in total. The number of carbonyl (C=O) groups is 1. The number of fused-ring (bicyclic) bond motifs is 2. The van der Waals surface area contributed by atoms with E-state index >= 15 is 0 Å². The summed E-state index contributed by atoms with van der Waals surface area (Å²) in [6.45, 7) is 3.66. The number of aromatic nitrogens is 1. The maximum Gasteiger partial charge on any atom is 0.349 e. The molecule has 0 unspecified atom stereocenters. The molecule has 2 aromatic heterocycles. The van der Waals surface area contributed by atoms with Gasteiger partial charge in [-0.25, -0.2) is 9.78 Å². The number of anilines is 1. The monoisotopic (exact) mass is 451 g/mol. The van der Waals surface area contributed by atoms with Gasteiger partial charge in [0.15, 0.2) is 5.13 Å². The molecular weight excluding hydrogens is 426 g/mol. The molecule has 0 radical (unpaired) electrons. The second kappa shape index (κ2) is 9.50. The zero-order valence-electron chi connectivity index (χ0n) is 18.3. The van der Waals surface area contributed by atoms with Crippen molar-refractivity contribution < 1.29 is 13.9 Å². The molecule has 0 bridgehead atoms. The van der Waals surface area contributed by atoms with Gasteiger partial charge < -0.3 is 14.1 Å². The Labute approximate surface area is 189 Å². The minimum absolute atomic E-state index is 0.00200. The van der Waals surface area contributed by atoms with E-state index in [1.807, 2.05) is 51.4 Å². The highest BCUT2D eigenvalue weighted by Crippen LogP contribution is 2.35. The van der Waals surface area contributed by atoms with Gasteiger partial charge in [-0.05, 0) is 58.3 Å². The van der Waals surface area contributed by atoms with Crippen LogP contribution in [-0.4, -0.2) is 49.6 Å². The van der Waals surface area contributed by atoms with Gasteiger partial charge in [0.2, 0.25) is 0 Å². The van der Waals surface area contributed by atoms with Crippen molar-refractivity contribution >= 4 is 43.6 Å². The third kappa shape index (κ3) is 4.51. The highest BCUT2D eigenvalue weighted by atomic mass is 32.1. The van der Waals surface area contributed by atoms with Gasteiger partial charge >= 0.3 is 5.63 Å². The van der Waals surface area contributed by atoms with Gasteiger partial charge in [-0.2, -0.15) is 0 Å². The molecule has 0 spiro atoms. The van der Waals surface area contributed by atoms with E-state index in [4.69, 9.17) is 14.1 Å². The molecule has 4 rings (SSSR count). The average molecular weight is 452 g/mol. The van der Waals surface area contributed by atoms with E-state index in [2.05, 4.69) is 4.90 Å². The van der Waals surface area contributed by atoms with Crippen molar-refractivity contribution in [2.45, 2.75) is 13.3 Å². The van der Waals surface area contributed by atoms with E-state index in [-0.39, 0.29) is 5.56 Å². The topological polar surface area (TPSA) is 75.9 Å².